The van der Waals surface area contributed by atoms with E-state index in [0.717, 1.165) is 4.90 Å². The highest BCUT2D eigenvalue weighted by Crippen LogP contribution is 2.34. The van der Waals surface area contributed by atoms with Crippen LogP contribution in [0.1, 0.15) is 26.2 Å². The van der Waals surface area contributed by atoms with E-state index in [9.17, 15) is 19.8 Å². The van der Waals surface area contributed by atoms with Crippen molar-refractivity contribution in [3.8, 4) is 0 Å². The monoisotopic (exact) mass is 268 g/mol. The molecule has 0 aromatic heterocycles. The maximum absolute atomic E-state index is 11.6. The molecule has 1 saturated heterocycles. The molecule has 0 aromatic rings. The number of aliphatic carboxylic acids is 1. The number of likely N-dealkylation sites (tertiary alicyclic amines) is 1. The first kappa shape index (κ1) is 14.8. The molecule has 8 nitrogen and oxygen atoms in total. The molecule has 2 atom stereocenters. The van der Waals surface area contributed by atoms with E-state index in [4.69, 9.17) is 5.53 Å². The SMILES string of the molecule is CC=CCC1(C(=O)O)CC(N=[N+]=[N-])CCN1C(=O)O. The molecule has 8 heteroatoms. The van der Waals surface area contributed by atoms with Crippen molar-refractivity contribution < 1.29 is 19.8 Å². The topological polar surface area (TPSA) is 127 Å². The summed E-state index contributed by atoms with van der Waals surface area (Å²) in [6.07, 6.45) is 2.39. The molecule has 0 bridgehead atoms. The van der Waals surface area contributed by atoms with Crippen molar-refractivity contribution in [2.24, 2.45) is 5.11 Å². The maximum Gasteiger partial charge on any atom is 0.408 e. The van der Waals surface area contributed by atoms with Gasteiger partial charge in [-0.25, -0.2) is 9.59 Å². The fraction of sp³-hybridized carbons (Fsp3) is 0.636. The van der Waals surface area contributed by atoms with Crippen LogP contribution in [0.5, 0.6) is 0 Å². The number of carboxylic acid groups (broad SMARTS) is 2. The Kier molecular flexibility index (Phi) is 4.77. The van der Waals surface area contributed by atoms with Crippen molar-refractivity contribution in [3.63, 3.8) is 0 Å². The second-order valence-electron chi connectivity index (χ2n) is 4.40. The van der Waals surface area contributed by atoms with E-state index in [1.807, 2.05) is 0 Å². The van der Waals surface area contributed by atoms with Crippen molar-refractivity contribution in [3.05, 3.63) is 22.6 Å². The summed E-state index contributed by atoms with van der Waals surface area (Å²) in [5.41, 5.74) is 6.89. The second-order valence-corrected chi connectivity index (χ2v) is 4.40. The third-order valence-corrected chi connectivity index (χ3v) is 3.31. The number of piperidine rings is 1. The quantitative estimate of drug-likeness (QED) is 0.350. The molecule has 104 valence electrons. The molecule has 0 radical (unpaired) electrons. The largest absolute Gasteiger partial charge is 0.479 e. The lowest BCUT2D eigenvalue weighted by molar-refractivity contribution is -0.152. The fourth-order valence-corrected chi connectivity index (χ4v) is 2.34. The molecule has 1 aliphatic heterocycles. The Morgan fingerprint density at radius 2 is 2.26 bits per heavy atom. The van der Waals surface area contributed by atoms with Crippen molar-refractivity contribution in [2.75, 3.05) is 6.54 Å². The van der Waals surface area contributed by atoms with Crippen LogP contribution in [0.15, 0.2) is 17.3 Å². The average Bonchev–Trinajstić information content (AvgIpc) is 2.36. The summed E-state index contributed by atoms with van der Waals surface area (Å²) in [5.74, 6) is -1.22. The lowest BCUT2D eigenvalue weighted by Gasteiger charge is -2.43. The molecule has 0 aliphatic carbocycles. The summed E-state index contributed by atoms with van der Waals surface area (Å²) in [6, 6.07) is -0.498. The molecule has 1 aliphatic rings. The first-order valence-corrected chi connectivity index (χ1v) is 5.87. The van der Waals surface area contributed by atoms with Crippen LogP contribution >= 0.6 is 0 Å². The highest BCUT2D eigenvalue weighted by molar-refractivity contribution is 5.84. The van der Waals surface area contributed by atoms with Gasteiger partial charge in [-0.15, -0.1) is 0 Å². The van der Waals surface area contributed by atoms with Gasteiger partial charge in [-0.05, 0) is 31.7 Å². The molecule has 0 aromatic carbocycles. The predicted molar refractivity (Wildman–Crippen MR) is 66.7 cm³/mol. The number of nitrogens with zero attached hydrogens (tertiary/aromatic N) is 4. The highest BCUT2D eigenvalue weighted by atomic mass is 16.4. The van der Waals surface area contributed by atoms with Gasteiger partial charge in [0, 0.05) is 17.5 Å². The molecule has 1 rings (SSSR count). The van der Waals surface area contributed by atoms with Gasteiger partial charge in [0.1, 0.15) is 5.54 Å². The lowest BCUT2D eigenvalue weighted by Crippen LogP contribution is -2.61. The van der Waals surface area contributed by atoms with Gasteiger partial charge in [0.2, 0.25) is 0 Å². The van der Waals surface area contributed by atoms with Crippen LogP contribution < -0.4 is 0 Å². The summed E-state index contributed by atoms with van der Waals surface area (Å²) in [4.78, 5) is 26.4. The first-order chi connectivity index (χ1) is 8.97. The molecule has 1 heterocycles. The van der Waals surface area contributed by atoms with Crippen LogP contribution in [0.25, 0.3) is 10.4 Å². The van der Waals surface area contributed by atoms with Gasteiger partial charge in [-0.3, -0.25) is 4.90 Å². The number of azide groups is 1. The molecule has 19 heavy (non-hydrogen) atoms. The molecule has 0 saturated carbocycles. The minimum absolute atomic E-state index is 0.0109. The highest BCUT2D eigenvalue weighted by Gasteiger charge is 2.50. The molecular weight excluding hydrogens is 252 g/mol. The van der Waals surface area contributed by atoms with Gasteiger partial charge in [0.25, 0.3) is 0 Å². The number of hydrogen-bond acceptors (Lipinski definition) is 3. The third-order valence-electron chi connectivity index (χ3n) is 3.31. The molecular formula is C11H16N4O4. The number of carbonyl (C=O) groups is 2. The second kappa shape index (κ2) is 6.10. The molecule has 2 unspecified atom stereocenters. The van der Waals surface area contributed by atoms with Gasteiger partial charge in [-0.2, -0.15) is 0 Å². The lowest BCUT2D eigenvalue weighted by atomic mass is 9.81. The van der Waals surface area contributed by atoms with Crippen molar-refractivity contribution >= 4 is 12.1 Å². The number of rotatable bonds is 4. The summed E-state index contributed by atoms with van der Waals surface area (Å²) in [6.45, 7) is 1.78. The van der Waals surface area contributed by atoms with E-state index in [2.05, 4.69) is 10.0 Å². The van der Waals surface area contributed by atoms with Crippen LogP contribution in [0, 0.1) is 0 Å². The third kappa shape index (κ3) is 2.97. The van der Waals surface area contributed by atoms with E-state index < -0.39 is 23.6 Å². The van der Waals surface area contributed by atoms with Crippen LogP contribution in [0.3, 0.4) is 0 Å². The number of hydrogen-bond donors (Lipinski definition) is 2. The zero-order chi connectivity index (χ0) is 14.5. The standard InChI is InChI=1S/C11H16N4O4/c1-2-3-5-11(9(16)17)7-8(13-14-12)4-6-15(11)10(18)19/h2-3,8H,4-7H2,1H3,(H,16,17)(H,18,19). The van der Waals surface area contributed by atoms with Crippen LogP contribution in [0.2, 0.25) is 0 Å². The van der Waals surface area contributed by atoms with Gasteiger partial charge < -0.3 is 10.2 Å². The fourth-order valence-electron chi connectivity index (χ4n) is 2.34. The van der Waals surface area contributed by atoms with E-state index in [1.54, 1.807) is 19.1 Å². The van der Waals surface area contributed by atoms with Gasteiger partial charge in [-0.1, -0.05) is 17.3 Å². The summed E-state index contributed by atoms with van der Waals surface area (Å²) in [5, 5.41) is 22.2. The van der Waals surface area contributed by atoms with Gasteiger partial charge in [0.15, 0.2) is 0 Å². The van der Waals surface area contributed by atoms with Crippen LogP contribution in [-0.4, -0.2) is 45.3 Å². The Morgan fingerprint density at radius 1 is 1.58 bits per heavy atom. The summed E-state index contributed by atoms with van der Waals surface area (Å²) >= 11 is 0. The average molecular weight is 268 g/mol. The minimum atomic E-state index is -1.56. The first-order valence-electron chi connectivity index (χ1n) is 5.87. The van der Waals surface area contributed by atoms with Crippen molar-refractivity contribution in [2.45, 2.75) is 37.8 Å². The number of allylic oxidation sites excluding steroid dienone is 1. The Labute approximate surface area is 109 Å². The zero-order valence-corrected chi connectivity index (χ0v) is 10.6. The molecule has 2 N–H and O–H groups in total. The van der Waals surface area contributed by atoms with E-state index in [-0.39, 0.29) is 19.4 Å². The van der Waals surface area contributed by atoms with Crippen molar-refractivity contribution in [1.82, 2.24) is 4.90 Å². The molecule has 1 fully saturated rings. The Balaban J connectivity index is 3.16. The zero-order valence-electron chi connectivity index (χ0n) is 10.6. The Bertz CT molecular complexity index is 444. The minimum Gasteiger partial charge on any atom is -0.479 e. The smallest absolute Gasteiger partial charge is 0.408 e. The van der Waals surface area contributed by atoms with Crippen LogP contribution in [0.4, 0.5) is 4.79 Å². The predicted octanol–water partition coefficient (Wildman–Crippen LogP) is 2.23. The number of carboxylic acids is 1. The van der Waals surface area contributed by atoms with Crippen molar-refractivity contribution in [1.29, 1.82) is 0 Å². The van der Waals surface area contributed by atoms with Gasteiger partial charge >= 0.3 is 12.1 Å². The summed E-state index contributed by atoms with van der Waals surface area (Å²) < 4.78 is 0. The summed E-state index contributed by atoms with van der Waals surface area (Å²) in [7, 11) is 0. The van der Waals surface area contributed by atoms with E-state index in [0.29, 0.717) is 6.42 Å². The molecule has 1 amide bonds. The molecule has 0 spiro atoms. The maximum atomic E-state index is 11.6. The Hall–Kier alpha value is -2.21. The van der Waals surface area contributed by atoms with E-state index in [1.165, 1.54) is 0 Å². The van der Waals surface area contributed by atoms with E-state index >= 15 is 0 Å². The Morgan fingerprint density at radius 3 is 2.74 bits per heavy atom. The number of amides is 1. The normalized spacial score (nSPS) is 27.0. The van der Waals surface area contributed by atoms with Gasteiger partial charge in [0.05, 0.1) is 0 Å². The van der Waals surface area contributed by atoms with Crippen LogP contribution in [-0.2, 0) is 4.79 Å².